The van der Waals surface area contributed by atoms with Gasteiger partial charge in [0.15, 0.2) is 0 Å². The Morgan fingerprint density at radius 3 is 2.79 bits per heavy atom. The van der Waals surface area contributed by atoms with Crippen LogP contribution in [0.5, 0.6) is 6.01 Å². The summed E-state index contributed by atoms with van der Waals surface area (Å²) >= 11 is 0. The highest BCUT2D eigenvalue weighted by Crippen LogP contribution is 2.15. The van der Waals surface area contributed by atoms with Crippen LogP contribution in [0, 0.1) is 0 Å². The first-order valence-corrected chi connectivity index (χ1v) is 6.70. The van der Waals surface area contributed by atoms with Crippen LogP contribution in [0.1, 0.15) is 19.8 Å². The van der Waals surface area contributed by atoms with Crippen molar-refractivity contribution in [3.8, 4) is 6.01 Å². The second kappa shape index (κ2) is 6.51. The van der Waals surface area contributed by atoms with E-state index in [1.54, 1.807) is 7.11 Å². The molecule has 0 aliphatic carbocycles. The molecule has 2 N–H and O–H groups in total. The van der Waals surface area contributed by atoms with E-state index in [4.69, 9.17) is 4.74 Å². The van der Waals surface area contributed by atoms with Gasteiger partial charge in [-0.15, -0.1) is 0 Å². The first-order chi connectivity index (χ1) is 9.21. The molecule has 1 unspecified atom stereocenters. The van der Waals surface area contributed by atoms with Crippen LogP contribution in [0.4, 0.5) is 11.9 Å². The Hall–Kier alpha value is -1.63. The molecule has 0 amide bonds. The van der Waals surface area contributed by atoms with Crippen LogP contribution >= 0.6 is 0 Å². The lowest BCUT2D eigenvalue weighted by Gasteiger charge is -2.30. The van der Waals surface area contributed by atoms with Gasteiger partial charge in [-0.1, -0.05) is 0 Å². The molecule has 106 valence electrons. The maximum atomic E-state index is 5.10. The Morgan fingerprint density at radius 1 is 1.32 bits per heavy atom. The highest BCUT2D eigenvalue weighted by atomic mass is 16.5. The summed E-state index contributed by atoms with van der Waals surface area (Å²) in [4.78, 5) is 15.0. The Morgan fingerprint density at radius 2 is 2.11 bits per heavy atom. The lowest BCUT2D eigenvalue weighted by atomic mass is 10.1. The van der Waals surface area contributed by atoms with Crippen molar-refractivity contribution in [2.24, 2.45) is 0 Å². The van der Waals surface area contributed by atoms with Crippen molar-refractivity contribution < 1.29 is 4.74 Å². The van der Waals surface area contributed by atoms with Gasteiger partial charge in [0.05, 0.1) is 7.11 Å². The van der Waals surface area contributed by atoms with E-state index >= 15 is 0 Å². The maximum absolute atomic E-state index is 5.10. The van der Waals surface area contributed by atoms with Crippen LogP contribution in [0.3, 0.4) is 0 Å². The molecule has 7 nitrogen and oxygen atoms in total. The lowest BCUT2D eigenvalue weighted by molar-refractivity contribution is 0.260. The number of piperidine rings is 1. The monoisotopic (exact) mass is 266 g/mol. The number of hydrogen-bond acceptors (Lipinski definition) is 7. The van der Waals surface area contributed by atoms with Gasteiger partial charge in [0.2, 0.25) is 11.9 Å². The number of ether oxygens (including phenoxy) is 1. The predicted octanol–water partition coefficient (Wildman–Crippen LogP) is 0.818. The summed E-state index contributed by atoms with van der Waals surface area (Å²) in [6.45, 7) is 4.92. The van der Waals surface area contributed by atoms with Gasteiger partial charge in [-0.25, -0.2) is 0 Å². The fourth-order valence-electron chi connectivity index (χ4n) is 2.22. The smallest absolute Gasteiger partial charge is 0.322 e. The highest BCUT2D eigenvalue weighted by molar-refractivity contribution is 5.36. The van der Waals surface area contributed by atoms with Crippen LogP contribution < -0.4 is 15.4 Å². The molecular formula is C12H22N6O. The summed E-state index contributed by atoms with van der Waals surface area (Å²) in [7, 11) is 3.69. The molecule has 1 aromatic heterocycles. The molecular weight excluding hydrogens is 244 g/mol. The minimum atomic E-state index is 0.331. The third kappa shape index (κ3) is 3.92. The molecule has 0 saturated carbocycles. The molecule has 19 heavy (non-hydrogen) atoms. The van der Waals surface area contributed by atoms with E-state index in [1.807, 2.05) is 6.92 Å². The minimum absolute atomic E-state index is 0.331. The fraction of sp³-hybridized carbons (Fsp3) is 0.750. The SMILES string of the molecule is CCNc1nc(NC2CCCN(C)C2)nc(OC)n1. The van der Waals surface area contributed by atoms with Crippen LogP contribution in [-0.2, 0) is 0 Å². The molecule has 2 rings (SSSR count). The van der Waals surface area contributed by atoms with Gasteiger partial charge in [-0.3, -0.25) is 0 Å². The van der Waals surface area contributed by atoms with E-state index in [0.29, 0.717) is 23.9 Å². The third-order valence-corrected chi connectivity index (χ3v) is 3.09. The van der Waals surface area contributed by atoms with Crippen molar-refractivity contribution in [1.29, 1.82) is 0 Å². The molecule has 1 aliphatic heterocycles. The number of anilines is 2. The van der Waals surface area contributed by atoms with Crippen molar-refractivity contribution in [3.05, 3.63) is 0 Å². The third-order valence-electron chi connectivity index (χ3n) is 3.09. The standard InChI is InChI=1S/C12H22N6O/c1-4-13-10-15-11(17-12(16-10)19-3)14-9-6-5-7-18(2)8-9/h9H,4-8H2,1-3H3,(H2,13,14,15,16,17). The molecule has 0 aromatic carbocycles. The summed E-state index contributed by atoms with van der Waals surface area (Å²) in [5, 5.41) is 6.44. The maximum Gasteiger partial charge on any atom is 0.322 e. The number of rotatable bonds is 5. The number of methoxy groups -OCH3 is 1. The zero-order chi connectivity index (χ0) is 13.7. The molecule has 2 heterocycles. The number of hydrogen-bond donors (Lipinski definition) is 2. The van der Waals surface area contributed by atoms with E-state index in [9.17, 15) is 0 Å². The number of likely N-dealkylation sites (N-methyl/N-ethyl adjacent to an activating group) is 1. The van der Waals surface area contributed by atoms with Crippen LogP contribution in [0.25, 0.3) is 0 Å². The van der Waals surface area contributed by atoms with E-state index in [-0.39, 0.29) is 0 Å². The van der Waals surface area contributed by atoms with Crippen molar-refractivity contribution in [2.75, 3.05) is 44.4 Å². The number of aromatic nitrogens is 3. The minimum Gasteiger partial charge on any atom is -0.467 e. The molecule has 1 aromatic rings. The van der Waals surface area contributed by atoms with Gasteiger partial charge in [0.25, 0.3) is 0 Å². The Labute approximate surface area is 113 Å². The summed E-state index contributed by atoms with van der Waals surface area (Å²) in [5.41, 5.74) is 0. The Kier molecular flexibility index (Phi) is 4.73. The van der Waals surface area contributed by atoms with E-state index in [0.717, 1.165) is 26.1 Å². The van der Waals surface area contributed by atoms with Crippen LogP contribution in [-0.4, -0.2) is 59.7 Å². The van der Waals surface area contributed by atoms with E-state index in [1.165, 1.54) is 6.42 Å². The molecule has 1 aliphatic rings. The number of likely N-dealkylation sites (tertiary alicyclic amines) is 1. The van der Waals surface area contributed by atoms with Crippen molar-refractivity contribution in [3.63, 3.8) is 0 Å². The largest absolute Gasteiger partial charge is 0.467 e. The topological polar surface area (TPSA) is 75.2 Å². The molecule has 0 radical (unpaired) electrons. The first-order valence-electron chi connectivity index (χ1n) is 6.70. The Balaban J connectivity index is 2.07. The molecule has 0 spiro atoms. The number of nitrogens with zero attached hydrogens (tertiary/aromatic N) is 4. The van der Waals surface area contributed by atoms with E-state index < -0.39 is 0 Å². The van der Waals surface area contributed by atoms with Gasteiger partial charge < -0.3 is 20.3 Å². The second-order valence-corrected chi connectivity index (χ2v) is 4.75. The number of nitrogens with one attached hydrogen (secondary N) is 2. The van der Waals surface area contributed by atoms with Crippen molar-refractivity contribution >= 4 is 11.9 Å². The highest BCUT2D eigenvalue weighted by Gasteiger charge is 2.18. The van der Waals surface area contributed by atoms with Gasteiger partial charge in [-0.2, -0.15) is 15.0 Å². The summed E-state index contributed by atoms with van der Waals surface area (Å²) in [5.74, 6) is 1.11. The lowest BCUT2D eigenvalue weighted by Crippen LogP contribution is -2.40. The van der Waals surface area contributed by atoms with Gasteiger partial charge in [0, 0.05) is 19.1 Å². The summed E-state index contributed by atoms with van der Waals surface area (Å²) in [6, 6.07) is 0.706. The zero-order valence-corrected chi connectivity index (χ0v) is 11.8. The molecule has 7 heteroatoms. The van der Waals surface area contributed by atoms with E-state index in [2.05, 4.69) is 37.5 Å². The first kappa shape index (κ1) is 13.8. The summed E-state index contributed by atoms with van der Waals surface area (Å²) in [6.07, 6.45) is 2.32. The predicted molar refractivity (Wildman–Crippen MR) is 74.7 cm³/mol. The van der Waals surface area contributed by atoms with Crippen molar-refractivity contribution in [1.82, 2.24) is 19.9 Å². The quantitative estimate of drug-likeness (QED) is 0.817. The second-order valence-electron chi connectivity index (χ2n) is 4.75. The summed E-state index contributed by atoms with van der Waals surface area (Å²) < 4.78 is 5.10. The van der Waals surface area contributed by atoms with Crippen LogP contribution in [0.2, 0.25) is 0 Å². The zero-order valence-electron chi connectivity index (χ0n) is 11.8. The normalized spacial score (nSPS) is 20.1. The average Bonchev–Trinajstić information content (AvgIpc) is 2.39. The van der Waals surface area contributed by atoms with Crippen LogP contribution in [0.15, 0.2) is 0 Å². The fourth-order valence-corrected chi connectivity index (χ4v) is 2.22. The van der Waals surface area contributed by atoms with Gasteiger partial charge in [-0.05, 0) is 33.4 Å². The van der Waals surface area contributed by atoms with Gasteiger partial charge >= 0.3 is 6.01 Å². The average molecular weight is 266 g/mol. The molecule has 1 atom stereocenters. The van der Waals surface area contributed by atoms with Crippen molar-refractivity contribution in [2.45, 2.75) is 25.8 Å². The molecule has 0 bridgehead atoms. The Bertz CT molecular complexity index is 413. The molecule has 1 saturated heterocycles. The van der Waals surface area contributed by atoms with Gasteiger partial charge in [0.1, 0.15) is 0 Å². The molecule has 1 fully saturated rings.